The number of hydrogen-bond acceptors (Lipinski definition) is 3. The Kier molecular flexibility index (Phi) is 8.49. The molecule has 7 heteroatoms. The van der Waals surface area contributed by atoms with Crippen molar-refractivity contribution < 1.29 is 19.2 Å². The molecule has 0 aromatic heterocycles. The Balaban J connectivity index is 1.93. The summed E-state index contributed by atoms with van der Waals surface area (Å²) in [6, 6.07) is 12.4. The number of quaternary nitrogens is 1. The van der Waals surface area contributed by atoms with Gasteiger partial charge in [0.15, 0.2) is 6.54 Å². The summed E-state index contributed by atoms with van der Waals surface area (Å²) in [6.45, 7) is 6.13. The molecule has 0 heterocycles. The Morgan fingerprint density at radius 1 is 1.10 bits per heavy atom. The Labute approximate surface area is 177 Å². The van der Waals surface area contributed by atoms with Crippen molar-refractivity contribution in [1.82, 2.24) is 4.90 Å². The third-order valence-corrected chi connectivity index (χ3v) is 4.90. The predicted molar refractivity (Wildman–Crippen MR) is 116 cm³/mol. The molecule has 29 heavy (non-hydrogen) atoms. The second-order valence-corrected chi connectivity index (χ2v) is 7.31. The van der Waals surface area contributed by atoms with Gasteiger partial charge in [-0.15, -0.1) is 0 Å². The molecule has 0 spiro atoms. The zero-order valence-electron chi connectivity index (χ0n) is 17.4. The maximum atomic E-state index is 12.4. The number of carbonyl (C=O) groups excluding carboxylic acids is 2. The number of amides is 2. The Bertz CT molecular complexity index is 836. The number of anilines is 1. The SMILES string of the molecule is CCN(CC)C(=O)c1ccc(NC(=O)C[NH+](C)Cc2cc(Cl)ccc2OC)cc1. The van der Waals surface area contributed by atoms with Crippen molar-refractivity contribution in [2.75, 3.05) is 39.1 Å². The number of methoxy groups -OCH3 is 1. The number of ether oxygens (including phenoxy) is 1. The maximum absolute atomic E-state index is 12.4. The normalized spacial score (nSPS) is 11.6. The minimum atomic E-state index is -0.105. The van der Waals surface area contributed by atoms with Crippen LogP contribution in [0.25, 0.3) is 0 Å². The van der Waals surface area contributed by atoms with Gasteiger partial charge in [-0.25, -0.2) is 0 Å². The molecule has 2 aromatic carbocycles. The zero-order chi connectivity index (χ0) is 21.4. The highest BCUT2D eigenvalue weighted by Gasteiger charge is 2.15. The van der Waals surface area contributed by atoms with E-state index in [1.807, 2.05) is 33.0 Å². The number of hydrogen-bond donors (Lipinski definition) is 2. The van der Waals surface area contributed by atoms with Gasteiger partial charge in [0.25, 0.3) is 11.8 Å². The van der Waals surface area contributed by atoms with Crippen molar-refractivity contribution in [1.29, 1.82) is 0 Å². The van der Waals surface area contributed by atoms with E-state index in [0.717, 1.165) is 16.2 Å². The quantitative estimate of drug-likeness (QED) is 0.657. The molecule has 0 radical (unpaired) electrons. The highest BCUT2D eigenvalue weighted by Crippen LogP contribution is 2.21. The van der Waals surface area contributed by atoms with Crippen molar-refractivity contribution in [3.05, 3.63) is 58.6 Å². The van der Waals surface area contributed by atoms with Crippen LogP contribution < -0.4 is 15.0 Å². The fourth-order valence-electron chi connectivity index (χ4n) is 3.14. The van der Waals surface area contributed by atoms with Crippen LogP contribution in [0, 0.1) is 0 Å². The van der Waals surface area contributed by atoms with Crippen LogP contribution in [-0.4, -0.2) is 50.5 Å². The molecule has 6 nitrogen and oxygen atoms in total. The van der Waals surface area contributed by atoms with E-state index in [9.17, 15) is 9.59 Å². The van der Waals surface area contributed by atoms with Gasteiger partial charge in [-0.05, 0) is 56.3 Å². The summed E-state index contributed by atoms with van der Waals surface area (Å²) in [6.07, 6.45) is 0. The summed E-state index contributed by atoms with van der Waals surface area (Å²) < 4.78 is 5.36. The molecule has 156 valence electrons. The average Bonchev–Trinajstić information content (AvgIpc) is 2.69. The van der Waals surface area contributed by atoms with Gasteiger partial charge in [0.05, 0.1) is 14.2 Å². The minimum Gasteiger partial charge on any atom is -0.496 e. The van der Waals surface area contributed by atoms with Crippen LogP contribution in [0.2, 0.25) is 5.02 Å². The van der Waals surface area contributed by atoms with Crippen molar-refractivity contribution in [2.24, 2.45) is 0 Å². The summed E-state index contributed by atoms with van der Waals surface area (Å²) >= 11 is 6.07. The van der Waals surface area contributed by atoms with Crippen molar-refractivity contribution in [3.63, 3.8) is 0 Å². The van der Waals surface area contributed by atoms with E-state index in [-0.39, 0.29) is 18.4 Å². The molecule has 0 bridgehead atoms. The van der Waals surface area contributed by atoms with Crippen molar-refractivity contribution in [2.45, 2.75) is 20.4 Å². The average molecular weight is 419 g/mol. The lowest BCUT2D eigenvalue weighted by Gasteiger charge is -2.19. The summed E-state index contributed by atoms with van der Waals surface area (Å²) in [5.41, 5.74) is 2.23. The number of benzene rings is 2. The zero-order valence-corrected chi connectivity index (χ0v) is 18.2. The summed E-state index contributed by atoms with van der Waals surface area (Å²) in [5, 5.41) is 3.52. The smallest absolute Gasteiger partial charge is 0.279 e. The molecule has 0 saturated carbocycles. The summed E-state index contributed by atoms with van der Waals surface area (Å²) in [5.74, 6) is 0.640. The summed E-state index contributed by atoms with van der Waals surface area (Å²) in [7, 11) is 3.55. The first-order chi connectivity index (χ1) is 13.9. The number of rotatable bonds is 9. The third kappa shape index (κ3) is 6.48. The second kappa shape index (κ2) is 10.8. The lowest BCUT2D eigenvalue weighted by Crippen LogP contribution is -3.08. The van der Waals surface area contributed by atoms with Crippen LogP contribution in [-0.2, 0) is 11.3 Å². The van der Waals surface area contributed by atoms with Crippen LogP contribution in [0.3, 0.4) is 0 Å². The Morgan fingerprint density at radius 3 is 2.34 bits per heavy atom. The molecular formula is C22H29ClN3O3+. The van der Waals surface area contributed by atoms with Gasteiger partial charge in [0.1, 0.15) is 12.3 Å². The van der Waals surface area contributed by atoms with Crippen LogP contribution in [0.1, 0.15) is 29.8 Å². The van der Waals surface area contributed by atoms with E-state index in [2.05, 4.69) is 5.32 Å². The molecule has 2 aromatic rings. The fraction of sp³-hybridized carbons (Fsp3) is 0.364. The van der Waals surface area contributed by atoms with Crippen LogP contribution in [0.15, 0.2) is 42.5 Å². The van der Waals surface area contributed by atoms with Crippen molar-refractivity contribution in [3.8, 4) is 5.75 Å². The van der Waals surface area contributed by atoms with Gasteiger partial charge in [0.2, 0.25) is 0 Å². The minimum absolute atomic E-state index is 0.00692. The Hall–Kier alpha value is -2.57. The molecule has 2 N–H and O–H groups in total. The van der Waals surface area contributed by atoms with Gasteiger partial charge in [-0.2, -0.15) is 0 Å². The van der Waals surface area contributed by atoms with E-state index < -0.39 is 0 Å². The van der Waals surface area contributed by atoms with E-state index in [1.54, 1.807) is 42.3 Å². The van der Waals surface area contributed by atoms with Crippen LogP contribution in [0.5, 0.6) is 5.75 Å². The number of likely N-dealkylation sites (N-methyl/N-ethyl adjacent to an activating group) is 1. The van der Waals surface area contributed by atoms with E-state index in [1.165, 1.54) is 0 Å². The molecule has 1 unspecified atom stereocenters. The molecule has 1 atom stereocenters. The standard InChI is InChI=1S/C22H28ClN3O3/c1-5-26(6-2)22(28)16-7-10-19(11-8-16)24-21(27)15-25(3)14-17-13-18(23)9-12-20(17)29-4/h7-13H,5-6,14-15H2,1-4H3,(H,24,27)/p+1. The molecule has 0 aliphatic heterocycles. The van der Waals surface area contributed by atoms with E-state index in [0.29, 0.717) is 35.9 Å². The molecule has 0 saturated heterocycles. The number of nitrogens with one attached hydrogen (secondary N) is 2. The molecule has 0 fully saturated rings. The largest absolute Gasteiger partial charge is 0.496 e. The fourth-order valence-corrected chi connectivity index (χ4v) is 3.34. The molecule has 0 aliphatic rings. The van der Waals surface area contributed by atoms with Crippen molar-refractivity contribution >= 4 is 29.1 Å². The van der Waals surface area contributed by atoms with Gasteiger partial charge in [0, 0.05) is 34.9 Å². The third-order valence-electron chi connectivity index (χ3n) is 4.66. The molecule has 0 aliphatic carbocycles. The summed E-state index contributed by atoms with van der Waals surface area (Å²) in [4.78, 5) is 27.5. The van der Waals surface area contributed by atoms with Gasteiger partial charge in [-0.3, -0.25) is 9.59 Å². The van der Waals surface area contributed by atoms with Gasteiger partial charge < -0.3 is 19.9 Å². The lowest BCUT2D eigenvalue weighted by molar-refractivity contribution is -0.885. The maximum Gasteiger partial charge on any atom is 0.279 e. The topological polar surface area (TPSA) is 63.1 Å². The van der Waals surface area contributed by atoms with Gasteiger partial charge in [-0.1, -0.05) is 11.6 Å². The first-order valence-electron chi connectivity index (χ1n) is 9.70. The first kappa shape index (κ1) is 22.7. The number of halogens is 1. The molecular weight excluding hydrogens is 390 g/mol. The lowest BCUT2D eigenvalue weighted by atomic mass is 10.1. The van der Waals surface area contributed by atoms with Crippen LogP contribution >= 0.6 is 11.6 Å². The number of nitrogens with zero attached hydrogens (tertiary/aromatic N) is 1. The van der Waals surface area contributed by atoms with Crippen LogP contribution in [0.4, 0.5) is 5.69 Å². The monoisotopic (exact) mass is 418 g/mol. The first-order valence-corrected chi connectivity index (χ1v) is 10.1. The number of carbonyl (C=O) groups is 2. The van der Waals surface area contributed by atoms with Gasteiger partial charge >= 0.3 is 0 Å². The highest BCUT2D eigenvalue weighted by molar-refractivity contribution is 6.30. The Morgan fingerprint density at radius 2 is 1.76 bits per heavy atom. The van der Waals surface area contributed by atoms with E-state index >= 15 is 0 Å². The highest BCUT2D eigenvalue weighted by atomic mass is 35.5. The molecule has 2 rings (SSSR count). The van der Waals surface area contributed by atoms with E-state index in [4.69, 9.17) is 16.3 Å². The second-order valence-electron chi connectivity index (χ2n) is 6.87. The molecule has 2 amide bonds. The predicted octanol–water partition coefficient (Wildman–Crippen LogP) is 2.48.